The number of fused-ring (bicyclic) bond motifs is 3. The number of aryl methyl sites for hydroxylation is 1. The number of para-hydroxylation sites is 1. The molecule has 2 aromatic heterocycles. The minimum Gasteiger partial charge on any atom is -0.352 e. The lowest BCUT2D eigenvalue weighted by molar-refractivity contribution is -0.125. The molecule has 1 aromatic carbocycles. The van der Waals surface area contributed by atoms with Gasteiger partial charge in [-0.05, 0) is 25.3 Å². The van der Waals surface area contributed by atoms with E-state index in [0.717, 1.165) is 29.1 Å². The number of nitrogens with one attached hydrogen (secondary N) is 1. The van der Waals surface area contributed by atoms with Crippen LogP contribution in [0.3, 0.4) is 0 Å². The molecule has 3 aromatic rings. The molecule has 0 spiro atoms. The van der Waals surface area contributed by atoms with E-state index in [0.29, 0.717) is 11.9 Å². The van der Waals surface area contributed by atoms with Gasteiger partial charge in [0.25, 0.3) is 5.56 Å². The van der Waals surface area contributed by atoms with Crippen molar-refractivity contribution in [1.82, 2.24) is 19.7 Å². The van der Waals surface area contributed by atoms with Crippen molar-refractivity contribution in [1.29, 1.82) is 0 Å². The van der Waals surface area contributed by atoms with Gasteiger partial charge in [0, 0.05) is 23.9 Å². The normalized spacial score (nSPS) is 16.9. The fraction of sp³-hybridized carbons (Fsp3) is 0.500. The van der Waals surface area contributed by atoms with Gasteiger partial charge in [0.15, 0.2) is 0 Å². The quantitative estimate of drug-likeness (QED) is 0.702. The molecular formula is C22H28N4O2. The Morgan fingerprint density at radius 3 is 2.61 bits per heavy atom. The van der Waals surface area contributed by atoms with Crippen LogP contribution in [0.2, 0.25) is 0 Å². The lowest BCUT2D eigenvalue weighted by Crippen LogP contribution is -2.40. The summed E-state index contributed by atoms with van der Waals surface area (Å²) in [5, 5.41) is 9.24. The lowest BCUT2D eigenvalue weighted by atomic mass is 10.1. The van der Waals surface area contributed by atoms with Crippen LogP contribution in [0.1, 0.15) is 57.9 Å². The first-order valence-electron chi connectivity index (χ1n) is 10.4. The van der Waals surface area contributed by atoms with Crippen molar-refractivity contribution in [3.05, 3.63) is 40.8 Å². The number of nitrogens with zero attached hydrogens (tertiary/aromatic N) is 3. The predicted octanol–water partition coefficient (Wildman–Crippen LogP) is 3.68. The summed E-state index contributed by atoms with van der Waals surface area (Å²) >= 11 is 0. The molecule has 6 heteroatoms. The van der Waals surface area contributed by atoms with Crippen LogP contribution >= 0.6 is 0 Å². The smallest absolute Gasteiger partial charge is 0.291 e. The minimum atomic E-state index is -0.416. The molecule has 1 atom stereocenters. The zero-order valence-corrected chi connectivity index (χ0v) is 16.6. The highest BCUT2D eigenvalue weighted by molar-refractivity contribution is 6.08. The number of aromatic nitrogens is 3. The summed E-state index contributed by atoms with van der Waals surface area (Å²) in [7, 11) is 1.65. The standard InChI is InChI=1S/C22H28N4O2/c1-3-18(21(27)24-15-10-6-4-5-7-11-15)26-19-13-9-8-12-16(19)17-14-23-25(2)22(28)20(17)26/h8-9,12-15,18H,3-7,10-11H2,1-2H3,(H,24,27)/t18-/m0/s1. The van der Waals surface area contributed by atoms with Crippen LogP contribution in [0.5, 0.6) is 0 Å². The first-order chi connectivity index (χ1) is 13.6. The van der Waals surface area contributed by atoms with Crippen molar-refractivity contribution in [2.75, 3.05) is 0 Å². The fourth-order valence-corrected chi connectivity index (χ4v) is 4.52. The van der Waals surface area contributed by atoms with E-state index in [9.17, 15) is 9.59 Å². The number of carbonyl (C=O) groups is 1. The summed E-state index contributed by atoms with van der Waals surface area (Å²) in [4.78, 5) is 26.2. The highest BCUT2D eigenvalue weighted by Crippen LogP contribution is 2.31. The Bertz CT molecular complexity index is 1060. The summed E-state index contributed by atoms with van der Waals surface area (Å²) in [5.74, 6) is 0.0101. The number of carbonyl (C=O) groups excluding carboxylic acids is 1. The maximum Gasteiger partial charge on any atom is 0.291 e. The molecule has 0 aliphatic heterocycles. The molecule has 1 amide bonds. The van der Waals surface area contributed by atoms with E-state index in [1.807, 2.05) is 35.8 Å². The van der Waals surface area contributed by atoms with E-state index in [-0.39, 0.29) is 17.5 Å². The third kappa shape index (κ3) is 3.21. The van der Waals surface area contributed by atoms with Crippen LogP contribution in [0.15, 0.2) is 35.3 Å². The summed E-state index contributed by atoms with van der Waals surface area (Å²) in [6.45, 7) is 2.00. The second-order valence-corrected chi connectivity index (χ2v) is 7.84. The number of benzene rings is 1. The number of rotatable bonds is 4. The van der Waals surface area contributed by atoms with E-state index in [4.69, 9.17) is 0 Å². The lowest BCUT2D eigenvalue weighted by Gasteiger charge is -2.23. The summed E-state index contributed by atoms with van der Waals surface area (Å²) in [6, 6.07) is 7.70. The van der Waals surface area contributed by atoms with Gasteiger partial charge in [-0.25, -0.2) is 4.68 Å². The van der Waals surface area contributed by atoms with Crippen LogP contribution in [0, 0.1) is 0 Å². The molecule has 1 N–H and O–H groups in total. The first-order valence-corrected chi connectivity index (χ1v) is 10.4. The molecule has 0 unspecified atom stereocenters. The Morgan fingerprint density at radius 2 is 1.89 bits per heavy atom. The van der Waals surface area contributed by atoms with Gasteiger partial charge in [-0.2, -0.15) is 5.10 Å². The molecule has 4 rings (SSSR count). The predicted molar refractivity (Wildman–Crippen MR) is 111 cm³/mol. The van der Waals surface area contributed by atoms with Gasteiger partial charge in [-0.1, -0.05) is 50.8 Å². The third-order valence-electron chi connectivity index (χ3n) is 6.01. The molecule has 1 saturated carbocycles. The highest BCUT2D eigenvalue weighted by atomic mass is 16.2. The Labute approximate surface area is 164 Å². The SMILES string of the molecule is CC[C@@H](C(=O)NC1CCCCCC1)n1c2ccccc2c2cnn(C)c(=O)c21. The topological polar surface area (TPSA) is 68.9 Å². The van der Waals surface area contributed by atoms with E-state index in [1.54, 1.807) is 13.2 Å². The van der Waals surface area contributed by atoms with E-state index >= 15 is 0 Å². The Hall–Kier alpha value is -2.63. The first kappa shape index (κ1) is 18.7. The second kappa shape index (κ2) is 7.78. The minimum absolute atomic E-state index is 0.0101. The van der Waals surface area contributed by atoms with Crippen LogP contribution < -0.4 is 10.9 Å². The van der Waals surface area contributed by atoms with E-state index in [1.165, 1.54) is 30.4 Å². The highest BCUT2D eigenvalue weighted by Gasteiger charge is 2.27. The van der Waals surface area contributed by atoms with Gasteiger partial charge < -0.3 is 9.88 Å². The second-order valence-electron chi connectivity index (χ2n) is 7.84. The fourth-order valence-electron chi connectivity index (χ4n) is 4.52. The molecule has 1 fully saturated rings. The molecule has 0 radical (unpaired) electrons. The van der Waals surface area contributed by atoms with Crippen molar-refractivity contribution in [3.8, 4) is 0 Å². The molecule has 2 heterocycles. The zero-order chi connectivity index (χ0) is 19.7. The Kier molecular flexibility index (Phi) is 5.20. The summed E-state index contributed by atoms with van der Waals surface area (Å²) < 4.78 is 3.27. The van der Waals surface area contributed by atoms with Gasteiger partial charge in [-0.15, -0.1) is 0 Å². The van der Waals surface area contributed by atoms with E-state index < -0.39 is 6.04 Å². The molecule has 6 nitrogen and oxygen atoms in total. The zero-order valence-electron chi connectivity index (χ0n) is 16.6. The van der Waals surface area contributed by atoms with Crippen molar-refractivity contribution >= 4 is 27.7 Å². The molecule has 0 saturated heterocycles. The maximum absolute atomic E-state index is 13.3. The van der Waals surface area contributed by atoms with Crippen molar-refractivity contribution < 1.29 is 4.79 Å². The van der Waals surface area contributed by atoms with Crippen molar-refractivity contribution in [3.63, 3.8) is 0 Å². The monoisotopic (exact) mass is 380 g/mol. The van der Waals surface area contributed by atoms with E-state index in [2.05, 4.69) is 10.4 Å². The van der Waals surface area contributed by atoms with Gasteiger partial charge in [-0.3, -0.25) is 9.59 Å². The summed E-state index contributed by atoms with van der Waals surface area (Å²) in [5.41, 5.74) is 1.29. The van der Waals surface area contributed by atoms with Gasteiger partial charge >= 0.3 is 0 Å². The molecular weight excluding hydrogens is 352 g/mol. The summed E-state index contributed by atoms with van der Waals surface area (Å²) in [6.07, 6.45) is 9.27. The van der Waals surface area contributed by atoms with Crippen molar-refractivity contribution in [2.24, 2.45) is 7.05 Å². The molecule has 28 heavy (non-hydrogen) atoms. The molecule has 1 aliphatic rings. The largest absolute Gasteiger partial charge is 0.352 e. The molecule has 148 valence electrons. The van der Waals surface area contributed by atoms with Crippen LogP contribution in [-0.2, 0) is 11.8 Å². The van der Waals surface area contributed by atoms with Crippen molar-refractivity contribution in [2.45, 2.75) is 64.0 Å². The van der Waals surface area contributed by atoms with Crippen LogP contribution in [0.25, 0.3) is 21.8 Å². The van der Waals surface area contributed by atoms with Gasteiger partial charge in [0.1, 0.15) is 11.6 Å². The average molecular weight is 380 g/mol. The van der Waals surface area contributed by atoms with Crippen LogP contribution in [-0.4, -0.2) is 26.3 Å². The van der Waals surface area contributed by atoms with Gasteiger partial charge in [0.05, 0.1) is 11.7 Å². The number of hydrogen-bond donors (Lipinski definition) is 1. The number of amides is 1. The Morgan fingerprint density at radius 1 is 1.18 bits per heavy atom. The van der Waals surface area contributed by atoms with Crippen LogP contribution in [0.4, 0.5) is 0 Å². The molecule has 0 bridgehead atoms. The molecule has 1 aliphatic carbocycles. The Balaban J connectivity index is 1.81. The average Bonchev–Trinajstić information content (AvgIpc) is 2.83. The van der Waals surface area contributed by atoms with Gasteiger partial charge in [0.2, 0.25) is 5.91 Å². The third-order valence-corrected chi connectivity index (χ3v) is 6.01. The maximum atomic E-state index is 13.3. The number of hydrogen-bond acceptors (Lipinski definition) is 3.